The summed E-state index contributed by atoms with van der Waals surface area (Å²) in [5.41, 5.74) is 5.89. The molecular weight excluding hydrogens is 284 g/mol. The van der Waals surface area contributed by atoms with Gasteiger partial charge in [-0.3, -0.25) is 0 Å². The molecule has 2 unspecified atom stereocenters. The van der Waals surface area contributed by atoms with E-state index in [1.807, 2.05) is 0 Å². The van der Waals surface area contributed by atoms with E-state index in [9.17, 15) is 8.42 Å². The SMILES string of the molecule is CC1CCCC1CNS(=O)(=O)c1c(N)cccc1Cl. The van der Waals surface area contributed by atoms with Gasteiger partial charge in [0, 0.05) is 6.54 Å². The minimum Gasteiger partial charge on any atom is -0.398 e. The summed E-state index contributed by atoms with van der Waals surface area (Å²) in [6.07, 6.45) is 3.41. The first-order chi connectivity index (χ1) is 8.92. The molecule has 2 atom stereocenters. The second-order valence-electron chi connectivity index (χ2n) is 5.18. The molecule has 0 aromatic heterocycles. The van der Waals surface area contributed by atoms with Crippen molar-refractivity contribution in [2.75, 3.05) is 12.3 Å². The quantitative estimate of drug-likeness (QED) is 0.840. The van der Waals surface area contributed by atoms with E-state index in [0.29, 0.717) is 18.4 Å². The van der Waals surface area contributed by atoms with Crippen molar-refractivity contribution in [1.82, 2.24) is 4.72 Å². The van der Waals surface area contributed by atoms with E-state index in [2.05, 4.69) is 11.6 Å². The predicted octanol–water partition coefficient (Wildman–Crippen LogP) is 2.64. The van der Waals surface area contributed by atoms with Gasteiger partial charge in [0.05, 0.1) is 10.7 Å². The van der Waals surface area contributed by atoms with Crippen LogP contribution in [0.3, 0.4) is 0 Å². The Bertz CT molecular complexity index is 540. The topological polar surface area (TPSA) is 72.2 Å². The summed E-state index contributed by atoms with van der Waals surface area (Å²) in [5, 5.41) is 0.159. The van der Waals surface area contributed by atoms with Gasteiger partial charge in [0.15, 0.2) is 0 Å². The molecule has 2 rings (SSSR count). The van der Waals surface area contributed by atoms with Crippen molar-refractivity contribution >= 4 is 27.3 Å². The predicted molar refractivity (Wildman–Crippen MR) is 77.6 cm³/mol. The Morgan fingerprint density at radius 3 is 2.74 bits per heavy atom. The zero-order valence-electron chi connectivity index (χ0n) is 10.9. The van der Waals surface area contributed by atoms with E-state index in [-0.39, 0.29) is 15.6 Å². The second-order valence-corrected chi connectivity index (χ2v) is 7.29. The fourth-order valence-electron chi connectivity index (χ4n) is 2.62. The number of nitrogen functional groups attached to an aromatic ring is 1. The fraction of sp³-hybridized carbons (Fsp3) is 0.538. The number of sulfonamides is 1. The Kier molecular flexibility index (Phi) is 4.38. The summed E-state index contributed by atoms with van der Waals surface area (Å²) >= 11 is 5.94. The van der Waals surface area contributed by atoms with Crippen LogP contribution in [0.25, 0.3) is 0 Å². The number of rotatable bonds is 4. The van der Waals surface area contributed by atoms with Crippen LogP contribution in [-0.2, 0) is 10.0 Å². The molecule has 4 nitrogen and oxygen atoms in total. The van der Waals surface area contributed by atoms with Gasteiger partial charge in [0.2, 0.25) is 10.0 Å². The monoisotopic (exact) mass is 302 g/mol. The molecular formula is C13H19ClN2O2S. The van der Waals surface area contributed by atoms with Crippen LogP contribution in [0.1, 0.15) is 26.2 Å². The van der Waals surface area contributed by atoms with Crippen molar-refractivity contribution in [1.29, 1.82) is 0 Å². The van der Waals surface area contributed by atoms with E-state index in [4.69, 9.17) is 17.3 Å². The van der Waals surface area contributed by atoms with Gasteiger partial charge in [-0.05, 0) is 30.4 Å². The maximum Gasteiger partial charge on any atom is 0.244 e. The number of hydrogen-bond acceptors (Lipinski definition) is 3. The van der Waals surface area contributed by atoms with Crippen LogP contribution in [0, 0.1) is 11.8 Å². The van der Waals surface area contributed by atoms with Crippen LogP contribution in [0.5, 0.6) is 0 Å². The van der Waals surface area contributed by atoms with Crippen molar-refractivity contribution < 1.29 is 8.42 Å². The highest BCUT2D eigenvalue weighted by Gasteiger charge is 2.27. The Hall–Kier alpha value is -0.780. The van der Waals surface area contributed by atoms with E-state index in [1.165, 1.54) is 18.9 Å². The van der Waals surface area contributed by atoms with Crippen LogP contribution in [0.15, 0.2) is 23.1 Å². The third-order valence-corrected chi connectivity index (χ3v) is 5.81. The molecule has 1 aliphatic rings. The largest absolute Gasteiger partial charge is 0.398 e. The van der Waals surface area contributed by atoms with Gasteiger partial charge in [-0.1, -0.05) is 37.4 Å². The van der Waals surface area contributed by atoms with Crippen LogP contribution in [0.2, 0.25) is 5.02 Å². The van der Waals surface area contributed by atoms with Gasteiger partial charge in [-0.15, -0.1) is 0 Å². The van der Waals surface area contributed by atoms with Gasteiger partial charge < -0.3 is 5.73 Å². The van der Waals surface area contributed by atoms with E-state index < -0.39 is 10.0 Å². The first-order valence-electron chi connectivity index (χ1n) is 6.45. The Morgan fingerprint density at radius 2 is 2.16 bits per heavy atom. The molecule has 1 fully saturated rings. The van der Waals surface area contributed by atoms with Crippen molar-refractivity contribution in [3.8, 4) is 0 Å². The molecule has 1 aliphatic carbocycles. The lowest BCUT2D eigenvalue weighted by Gasteiger charge is -2.17. The molecule has 0 amide bonds. The number of hydrogen-bond donors (Lipinski definition) is 2. The van der Waals surface area contributed by atoms with E-state index in [0.717, 1.165) is 6.42 Å². The number of nitrogens with one attached hydrogen (secondary N) is 1. The first-order valence-corrected chi connectivity index (χ1v) is 8.31. The van der Waals surface area contributed by atoms with Gasteiger partial charge >= 0.3 is 0 Å². The smallest absolute Gasteiger partial charge is 0.244 e. The normalized spacial score (nSPS) is 23.7. The Morgan fingerprint density at radius 1 is 1.42 bits per heavy atom. The van der Waals surface area contributed by atoms with Crippen molar-refractivity contribution in [3.05, 3.63) is 23.2 Å². The van der Waals surface area contributed by atoms with E-state index >= 15 is 0 Å². The molecule has 106 valence electrons. The summed E-state index contributed by atoms with van der Waals surface area (Å²) in [6.45, 7) is 2.62. The standard InChI is InChI=1S/C13H19ClN2O2S/c1-9-4-2-5-10(9)8-16-19(17,18)13-11(14)6-3-7-12(13)15/h3,6-7,9-10,16H,2,4-5,8,15H2,1H3. The third-order valence-electron chi connectivity index (χ3n) is 3.84. The first kappa shape index (κ1) is 14.6. The molecule has 0 aliphatic heterocycles. The summed E-state index contributed by atoms with van der Waals surface area (Å²) < 4.78 is 27.2. The molecule has 0 spiro atoms. The molecule has 19 heavy (non-hydrogen) atoms. The van der Waals surface area contributed by atoms with Gasteiger partial charge in [-0.2, -0.15) is 0 Å². The average Bonchev–Trinajstić information content (AvgIpc) is 2.72. The average molecular weight is 303 g/mol. The molecule has 0 saturated heterocycles. The van der Waals surface area contributed by atoms with Crippen molar-refractivity contribution in [2.24, 2.45) is 11.8 Å². The lowest BCUT2D eigenvalue weighted by Crippen LogP contribution is -2.31. The molecule has 3 N–H and O–H groups in total. The number of anilines is 1. The van der Waals surface area contributed by atoms with Crippen LogP contribution < -0.4 is 10.5 Å². The zero-order valence-corrected chi connectivity index (χ0v) is 12.5. The molecule has 1 aromatic carbocycles. The van der Waals surface area contributed by atoms with Crippen LogP contribution >= 0.6 is 11.6 Å². The minimum absolute atomic E-state index is 0.0117. The summed E-state index contributed by atoms with van der Waals surface area (Å²) in [6, 6.07) is 4.71. The number of nitrogens with two attached hydrogens (primary N) is 1. The van der Waals surface area contributed by atoms with Gasteiger partial charge in [0.1, 0.15) is 4.90 Å². The summed E-state index contributed by atoms with van der Waals surface area (Å²) in [7, 11) is -3.64. The number of halogens is 1. The highest BCUT2D eigenvalue weighted by molar-refractivity contribution is 7.89. The lowest BCUT2D eigenvalue weighted by atomic mass is 9.99. The molecule has 1 saturated carbocycles. The third kappa shape index (κ3) is 3.22. The molecule has 0 bridgehead atoms. The highest BCUT2D eigenvalue weighted by atomic mass is 35.5. The highest BCUT2D eigenvalue weighted by Crippen LogP contribution is 2.31. The summed E-state index contributed by atoms with van der Waals surface area (Å²) in [4.78, 5) is -0.0117. The van der Waals surface area contributed by atoms with E-state index in [1.54, 1.807) is 12.1 Å². The summed E-state index contributed by atoms with van der Waals surface area (Å²) in [5.74, 6) is 0.963. The zero-order chi connectivity index (χ0) is 14.0. The molecule has 1 aromatic rings. The second kappa shape index (κ2) is 5.69. The minimum atomic E-state index is -3.64. The van der Waals surface area contributed by atoms with Gasteiger partial charge in [-0.25, -0.2) is 13.1 Å². The molecule has 6 heteroatoms. The molecule has 0 radical (unpaired) electrons. The maximum absolute atomic E-state index is 12.3. The van der Waals surface area contributed by atoms with Crippen molar-refractivity contribution in [2.45, 2.75) is 31.1 Å². The number of benzene rings is 1. The van der Waals surface area contributed by atoms with Crippen LogP contribution in [0.4, 0.5) is 5.69 Å². The Labute approximate surface area is 119 Å². The lowest BCUT2D eigenvalue weighted by molar-refractivity contribution is 0.414. The Balaban J connectivity index is 2.14. The van der Waals surface area contributed by atoms with Crippen molar-refractivity contribution in [3.63, 3.8) is 0 Å². The maximum atomic E-state index is 12.3. The van der Waals surface area contributed by atoms with Crippen LogP contribution in [-0.4, -0.2) is 15.0 Å². The van der Waals surface area contributed by atoms with Gasteiger partial charge in [0.25, 0.3) is 0 Å². The molecule has 0 heterocycles. The fourth-order valence-corrected chi connectivity index (χ4v) is 4.39.